The van der Waals surface area contributed by atoms with E-state index in [0.717, 1.165) is 37.9 Å². The highest BCUT2D eigenvalue weighted by molar-refractivity contribution is 6.27. The molecule has 6 aromatic rings. The zero-order valence-electron chi connectivity index (χ0n) is 21.5. The number of ketones is 1. The Balaban J connectivity index is 1.41. The van der Waals surface area contributed by atoms with Crippen LogP contribution in [0.4, 0.5) is 5.95 Å². The number of imidazole rings is 1. The van der Waals surface area contributed by atoms with E-state index >= 15 is 0 Å². The number of nitrogens with zero attached hydrogens (tertiary/aromatic N) is 3. The number of carbonyl (C=O) groups is 1. The Morgan fingerprint density at radius 3 is 2.50 bits per heavy atom. The fourth-order valence-corrected chi connectivity index (χ4v) is 5.90. The van der Waals surface area contributed by atoms with E-state index in [-0.39, 0.29) is 35.9 Å². The smallest absolute Gasteiger partial charge is 0.280 e. The van der Waals surface area contributed by atoms with Crippen molar-refractivity contribution >= 4 is 67.4 Å². The molecule has 10 heteroatoms. The van der Waals surface area contributed by atoms with Crippen LogP contribution in [0.2, 0.25) is 0 Å². The number of anilines is 1. The Bertz CT molecular complexity index is 2060. The molecule has 3 heterocycles. The number of hydrogen-bond donors (Lipinski definition) is 4. The van der Waals surface area contributed by atoms with Crippen molar-refractivity contribution in [2.45, 2.75) is 31.8 Å². The molecule has 0 bridgehead atoms. The summed E-state index contributed by atoms with van der Waals surface area (Å²) in [5.74, 6) is 0.339. The van der Waals surface area contributed by atoms with Gasteiger partial charge in [-0.1, -0.05) is 54.6 Å². The lowest BCUT2D eigenvalue weighted by molar-refractivity contribution is -0.0433. The first-order valence-corrected chi connectivity index (χ1v) is 13.0. The average molecular weight is 536 g/mol. The van der Waals surface area contributed by atoms with Gasteiger partial charge in [0, 0.05) is 12.0 Å². The van der Waals surface area contributed by atoms with Gasteiger partial charge in [-0.2, -0.15) is 4.98 Å². The van der Waals surface area contributed by atoms with Crippen molar-refractivity contribution in [3.05, 3.63) is 75.8 Å². The maximum absolute atomic E-state index is 12.7. The summed E-state index contributed by atoms with van der Waals surface area (Å²) < 4.78 is 7.52. The summed E-state index contributed by atoms with van der Waals surface area (Å²) in [6.45, 7) is 1.23. The highest BCUT2D eigenvalue weighted by Gasteiger charge is 2.36. The zero-order valence-corrected chi connectivity index (χ0v) is 21.5. The summed E-state index contributed by atoms with van der Waals surface area (Å²) in [6, 6.07) is 16.1. The van der Waals surface area contributed by atoms with Crippen molar-refractivity contribution in [2.75, 3.05) is 12.3 Å². The van der Waals surface area contributed by atoms with Crippen LogP contribution in [0.25, 0.3) is 55.6 Å². The highest BCUT2D eigenvalue weighted by Crippen LogP contribution is 2.38. The van der Waals surface area contributed by atoms with Gasteiger partial charge < -0.3 is 20.7 Å². The normalized spacial score (nSPS) is 19.7. The maximum Gasteiger partial charge on any atom is 0.280 e. The van der Waals surface area contributed by atoms with Gasteiger partial charge in [-0.25, -0.2) is 4.98 Å². The Morgan fingerprint density at radius 2 is 1.77 bits per heavy atom. The molecule has 2 aromatic heterocycles. The lowest BCUT2D eigenvalue weighted by Crippen LogP contribution is -2.24. The topological polar surface area (TPSA) is 156 Å². The number of ether oxygens (including phenoxy) is 1. The third-order valence-electron chi connectivity index (χ3n) is 7.76. The van der Waals surface area contributed by atoms with E-state index in [1.165, 1.54) is 0 Å². The first-order valence-electron chi connectivity index (χ1n) is 13.0. The number of benzene rings is 4. The van der Waals surface area contributed by atoms with Crippen molar-refractivity contribution in [3.8, 4) is 0 Å². The highest BCUT2D eigenvalue weighted by atomic mass is 16.5. The molecule has 1 fully saturated rings. The molecule has 3 atom stereocenters. The number of nitrogens with two attached hydrogens (primary N) is 1. The SMILES string of the molecule is CC(=O)c1ccc2ccc3c(/C=C/c4nc5c(=O)[nH]c(N)nc5n4[C@H]4C[C@H](O)[C@@H](CO)O4)ccc4ccc1c2c43. The summed E-state index contributed by atoms with van der Waals surface area (Å²) in [7, 11) is 0. The van der Waals surface area contributed by atoms with Gasteiger partial charge in [0.25, 0.3) is 5.56 Å². The largest absolute Gasteiger partial charge is 0.394 e. The molecule has 7 rings (SSSR count). The van der Waals surface area contributed by atoms with Crippen molar-refractivity contribution < 1.29 is 19.7 Å². The van der Waals surface area contributed by atoms with Gasteiger partial charge in [0.15, 0.2) is 16.9 Å². The van der Waals surface area contributed by atoms with Crippen molar-refractivity contribution in [3.63, 3.8) is 0 Å². The lowest BCUT2D eigenvalue weighted by Gasteiger charge is -2.16. The van der Waals surface area contributed by atoms with Crippen molar-refractivity contribution in [2.24, 2.45) is 0 Å². The molecule has 0 aliphatic carbocycles. The molecule has 40 heavy (non-hydrogen) atoms. The third-order valence-corrected chi connectivity index (χ3v) is 7.76. The molecule has 0 amide bonds. The van der Waals surface area contributed by atoms with Crippen molar-refractivity contribution in [1.29, 1.82) is 0 Å². The van der Waals surface area contributed by atoms with E-state index in [0.29, 0.717) is 11.4 Å². The van der Waals surface area contributed by atoms with Gasteiger partial charge in [-0.15, -0.1) is 0 Å². The zero-order chi connectivity index (χ0) is 27.7. The van der Waals surface area contributed by atoms with E-state index in [2.05, 4.69) is 27.1 Å². The van der Waals surface area contributed by atoms with Crippen LogP contribution >= 0.6 is 0 Å². The molecule has 0 radical (unpaired) electrons. The van der Waals surface area contributed by atoms with Gasteiger partial charge in [-0.3, -0.25) is 19.1 Å². The molecule has 4 aromatic carbocycles. The predicted molar refractivity (Wildman–Crippen MR) is 153 cm³/mol. The van der Waals surface area contributed by atoms with Crippen LogP contribution in [0.1, 0.15) is 41.3 Å². The monoisotopic (exact) mass is 535 g/mol. The van der Waals surface area contributed by atoms with Crippen LogP contribution in [-0.2, 0) is 4.74 Å². The first-order chi connectivity index (χ1) is 19.3. The number of aliphatic hydroxyl groups excluding tert-OH is 2. The van der Waals surface area contributed by atoms with Crippen LogP contribution in [0.3, 0.4) is 0 Å². The molecule has 1 aliphatic heterocycles. The van der Waals surface area contributed by atoms with Gasteiger partial charge in [0.2, 0.25) is 5.95 Å². The minimum atomic E-state index is -0.888. The van der Waals surface area contributed by atoms with E-state index in [1.54, 1.807) is 17.6 Å². The molecule has 0 saturated carbocycles. The van der Waals surface area contributed by atoms with E-state index < -0.39 is 24.0 Å². The maximum atomic E-state index is 12.7. The van der Waals surface area contributed by atoms with E-state index in [1.807, 2.05) is 42.5 Å². The molecular weight excluding hydrogens is 510 g/mol. The third kappa shape index (κ3) is 3.61. The average Bonchev–Trinajstić information content (AvgIpc) is 3.49. The number of carbonyl (C=O) groups excluding carboxylic acids is 1. The predicted octanol–water partition coefficient (Wildman–Crippen LogP) is 3.61. The summed E-state index contributed by atoms with van der Waals surface area (Å²) >= 11 is 0. The summed E-state index contributed by atoms with van der Waals surface area (Å²) in [5, 5.41) is 26.1. The molecule has 200 valence electrons. The van der Waals surface area contributed by atoms with Crippen LogP contribution in [0.5, 0.6) is 0 Å². The van der Waals surface area contributed by atoms with Gasteiger partial charge in [-0.05, 0) is 50.9 Å². The quantitative estimate of drug-likeness (QED) is 0.193. The number of aliphatic hydroxyl groups is 2. The van der Waals surface area contributed by atoms with Crippen LogP contribution in [0, 0.1) is 0 Å². The number of nitrogen functional groups attached to an aromatic ring is 1. The first kappa shape index (κ1) is 24.4. The molecule has 10 nitrogen and oxygen atoms in total. The van der Waals surface area contributed by atoms with Crippen LogP contribution in [0.15, 0.2) is 53.3 Å². The number of H-pyrrole nitrogens is 1. The minimum absolute atomic E-state index is 0.0175. The second kappa shape index (κ2) is 8.95. The summed E-state index contributed by atoms with van der Waals surface area (Å²) in [5.41, 5.74) is 7.26. The Labute approximate surface area is 226 Å². The molecule has 0 spiro atoms. The number of nitrogens with one attached hydrogen (secondary N) is 1. The van der Waals surface area contributed by atoms with Crippen LogP contribution < -0.4 is 11.3 Å². The Morgan fingerprint density at radius 1 is 1.07 bits per heavy atom. The van der Waals surface area contributed by atoms with Gasteiger partial charge >= 0.3 is 0 Å². The van der Waals surface area contributed by atoms with E-state index in [4.69, 9.17) is 10.5 Å². The molecule has 1 aliphatic rings. The van der Waals surface area contributed by atoms with Gasteiger partial charge in [0.1, 0.15) is 18.2 Å². The molecule has 5 N–H and O–H groups in total. The number of hydrogen-bond acceptors (Lipinski definition) is 8. The summed E-state index contributed by atoms with van der Waals surface area (Å²) in [6.07, 6.45) is 1.49. The minimum Gasteiger partial charge on any atom is -0.394 e. The number of rotatable bonds is 5. The van der Waals surface area contributed by atoms with E-state index in [9.17, 15) is 19.8 Å². The van der Waals surface area contributed by atoms with Crippen molar-refractivity contribution in [1.82, 2.24) is 19.5 Å². The Kier molecular flexibility index (Phi) is 5.46. The van der Waals surface area contributed by atoms with Gasteiger partial charge in [0.05, 0.1) is 12.7 Å². The molecule has 1 saturated heterocycles. The fourth-order valence-electron chi connectivity index (χ4n) is 5.90. The Hall–Kier alpha value is -4.64. The summed E-state index contributed by atoms with van der Waals surface area (Å²) in [4.78, 5) is 36.3. The lowest BCUT2D eigenvalue weighted by atomic mass is 9.89. The molecular formula is C30H25N5O5. The number of aromatic nitrogens is 4. The number of Topliss-reactive ketones (excluding diaryl/α,β-unsaturated/α-hetero) is 1. The number of aromatic amines is 1. The fraction of sp³-hybridized carbons (Fsp3) is 0.200. The second-order valence-corrected chi connectivity index (χ2v) is 10.2. The second-order valence-electron chi connectivity index (χ2n) is 10.2. The van der Waals surface area contributed by atoms with Crippen LogP contribution in [-0.4, -0.2) is 54.3 Å². The number of fused-ring (bicyclic) bond motifs is 1. The molecule has 0 unspecified atom stereocenters. The standard InChI is InChI=1S/C30H25N5O5/c1-14(37)18-8-4-17-5-9-19-15(2-3-16-6-10-20(18)26(17)25(16)19)7-11-23-32-27-28(33-30(31)34-29(27)39)35(23)24-12-21(38)22(13-36)40-24/h2-11,21-22,24,36,38H,12-13H2,1H3,(H3,31,33,34,39)/b11-7+/t21-,22+,24+/m0/s1.